The Labute approximate surface area is 143 Å². The Hall–Kier alpha value is -2.28. The highest BCUT2D eigenvalue weighted by molar-refractivity contribution is 7.18. The van der Waals surface area contributed by atoms with Gasteiger partial charge in [0.25, 0.3) is 5.91 Å². The van der Waals surface area contributed by atoms with Gasteiger partial charge in [-0.05, 0) is 29.9 Å². The predicted molar refractivity (Wildman–Crippen MR) is 93.7 cm³/mol. The van der Waals surface area contributed by atoms with E-state index >= 15 is 0 Å². The molecule has 0 unspecified atom stereocenters. The summed E-state index contributed by atoms with van der Waals surface area (Å²) in [5.74, 6) is 1.11. The summed E-state index contributed by atoms with van der Waals surface area (Å²) in [6, 6.07) is 7.88. The Morgan fingerprint density at radius 2 is 2.00 bits per heavy atom. The number of aromatic nitrogens is 4. The first-order valence-electron chi connectivity index (χ1n) is 8.06. The van der Waals surface area contributed by atoms with Gasteiger partial charge in [0.05, 0.1) is 0 Å². The molecule has 124 valence electrons. The Kier molecular flexibility index (Phi) is 3.42. The van der Waals surface area contributed by atoms with Crippen LogP contribution in [0.3, 0.4) is 0 Å². The van der Waals surface area contributed by atoms with Gasteiger partial charge in [-0.1, -0.05) is 50.3 Å². The van der Waals surface area contributed by atoms with Crippen molar-refractivity contribution in [2.24, 2.45) is 0 Å². The molecule has 0 bridgehead atoms. The lowest BCUT2D eigenvalue weighted by molar-refractivity contribution is 0.102. The first kappa shape index (κ1) is 15.3. The van der Waals surface area contributed by atoms with Gasteiger partial charge in [-0.25, -0.2) is 0 Å². The molecule has 0 atom stereocenters. The number of amides is 1. The highest BCUT2D eigenvalue weighted by Gasteiger charge is 2.30. The second-order valence-electron chi connectivity index (χ2n) is 7.18. The minimum atomic E-state index is -0.205. The minimum Gasteiger partial charge on any atom is -0.320 e. The zero-order valence-electron chi connectivity index (χ0n) is 13.9. The van der Waals surface area contributed by atoms with E-state index in [0.717, 1.165) is 29.9 Å². The molecule has 0 spiro atoms. The van der Waals surface area contributed by atoms with Crippen molar-refractivity contribution >= 4 is 27.9 Å². The van der Waals surface area contributed by atoms with Crippen LogP contribution in [0.5, 0.6) is 0 Å². The van der Waals surface area contributed by atoms with Gasteiger partial charge in [-0.2, -0.15) is 4.52 Å². The van der Waals surface area contributed by atoms with E-state index in [4.69, 9.17) is 0 Å². The van der Waals surface area contributed by atoms with E-state index < -0.39 is 0 Å². The van der Waals surface area contributed by atoms with Crippen molar-refractivity contribution in [1.82, 2.24) is 19.8 Å². The van der Waals surface area contributed by atoms with Crippen LogP contribution in [0.1, 0.15) is 60.7 Å². The highest BCUT2D eigenvalue weighted by atomic mass is 32.1. The van der Waals surface area contributed by atoms with Crippen LogP contribution in [-0.4, -0.2) is 25.7 Å². The molecule has 1 fully saturated rings. The van der Waals surface area contributed by atoms with Gasteiger partial charge >= 0.3 is 0 Å². The topological polar surface area (TPSA) is 72.2 Å². The first-order chi connectivity index (χ1) is 11.4. The van der Waals surface area contributed by atoms with Crippen LogP contribution in [0.4, 0.5) is 5.69 Å². The number of carbonyl (C=O) groups excluding carboxylic acids is 1. The summed E-state index contributed by atoms with van der Waals surface area (Å²) < 4.78 is 1.72. The molecule has 1 aliphatic rings. The summed E-state index contributed by atoms with van der Waals surface area (Å²) in [5.41, 5.74) is 1.87. The van der Waals surface area contributed by atoms with Crippen molar-refractivity contribution in [3.8, 4) is 0 Å². The summed E-state index contributed by atoms with van der Waals surface area (Å²) in [4.78, 5) is 13.3. The summed E-state index contributed by atoms with van der Waals surface area (Å²) in [5, 5.41) is 16.1. The van der Waals surface area contributed by atoms with E-state index in [1.165, 1.54) is 11.3 Å². The number of benzene rings is 1. The minimum absolute atomic E-state index is 0.0512. The third-order valence-corrected chi connectivity index (χ3v) is 5.03. The SMILES string of the molecule is CC(C)(C)c1ccccc1NC(=O)c1nn2c(C3CC3)nnc2s1. The number of rotatable bonds is 3. The molecule has 1 aliphatic carbocycles. The Morgan fingerprint density at radius 1 is 1.25 bits per heavy atom. The molecule has 0 saturated heterocycles. The molecule has 4 rings (SSSR count). The van der Waals surface area contributed by atoms with E-state index in [2.05, 4.69) is 41.4 Å². The fourth-order valence-corrected chi connectivity index (χ4v) is 3.48. The van der Waals surface area contributed by atoms with Crippen LogP contribution >= 0.6 is 11.3 Å². The van der Waals surface area contributed by atoms with E-state index in [1.807, 2.05) is 24.3 Å². The van der Waals surface area contributed by atoms with E-state index in [0.29, 0.717) is 15.9 Å². The molecule has 6 nitrogen and oxygen atoms in total. The van der Waals surface area contributed by atoms with Gasteiger partial charge in [0.1, 0.15) is 0 Å². The molecule has 2 aromatic heterocycles. The number of nitrogens with zero attached hydrogens (tertiary/aromatic N) is 4. The molecule has 1 N–H and O–H groups in total. The van der Waals surface area contributed by atoms with Gasteiger partial charge in [0.2, 0.25) is 9.97 Å². The van der Waals surface area contributed by atoms with Crippen LogP contribution in [0.25, 0.3) is 4.96 Å². The Morgan fingerprint density at radius 3 is 2.71 bits per heavy atom. The number of hydrogen-bond acceptors (Lipinski definition) is 5. The van der Waals surface area contributed by atoms with Crippen molar-refractivity contribution in [1.29, 1.82) is 0 Å². The van der Waals surface area contributed by atoms with E-state index in [-0.39, 0.29) is 11.3 Å². The maximum Gasteiger partial charge on any atom is 0.286 e. The molecule has 3 aromatic rings. The lowest BCUT2D eigenvalue weighted by Crippen LogP contribution is -2.18. The third-order valence-electron chi connectivity index (χ3n) is 4.14. The quantitative estimate of drug-likeness (QED) is 0.790. The fourth-order valence-electron chi connectivity index (χ4n) is 2.74. The molecular formula is C17H19N5OS. The summed E-state index contributed by atoms with van der Waals surface area (Å²) in [6.45, 7) is 6.38. The van der Waals surface area contributed by atoms with E-state index in [9.17, 15) is 4.79 Å². The van der Waals surface area contributed by atoms with Gasteiger partial charge in [-0.3, -0.25) is 4.79 Å². The monoisotopic (exact) mass is 341 g/mol. The summed E-state index contributed by atoms with van der Waals surface area (Å²) >= 11 is 1.27. The van der Waals surface area contributed by atoms with Crippen molar-refractivity contribution in [2.75, 3.05) is 5.32 Å². The molecule has 1 saturated carbocycles. The van der Waals surface area contributed by atoms with Crippen molar-refractivity contribution < 1.29 is 4.79 Å². The summed E-state index contributed by atoms with van der Waals surface area (Å²) in [6.07, 6.45) is 2.25. The second-order valence-corrected chi connectivity index (χ2v) is 8.14. The smallest absolute Gasteiger partial charge is 0.286 e. The van der Waals surface area contributed by atoms with Crippen LogP contribution in [0, 0.1) is 0 Å². The van der Waals surface area contributed by atoms with Gasteiger partial charge in [-0.15, -0.1) is 15.3 Å². The van der Waals surface area contributed by atoms with Gasteiger partial charge in [0, 0.05) is 11.6 Å². The maximum atomic E-state index is 12.6. The average Bonchev–Trinajstić information content (AvgIpc) is 3.15. The maximum absolute atomic E-state index is 12.6. The molecule has 1 aromatic carbocycles. The zero-order chi connectivity index (χ0) is 16.9. The van der Waals surface area contributed by atoms with Crippen LogP contribution in [0.15, 0.2) is 24.3 Å². The normalized spacial score (nSPS) is 15.0. The standard InChI is InChI=1S/C17H19N5OS/c1-17(2,3)11-6-4-5-7-12(11)18-14(23)15-21-22-13(10-8-9-10)19-20-16(22)24-15/h4-7,10H,8-9H2,1-3H3,(H,18,23). The number of nitrogens with one attached hydrogen (secondary N) is 1. The number of anilines is 1. The molecule has 2 heterocycles. The second kappa shape index (κ2) is 5.37. The predicted octanol–water partition coefficient (Wildman–Crippen LogP) is 3.61. The van der Waals surface area contributed by atoms with Crippen LogP contribution in [0.2, 0.25) is 0 Å². The van der Waals surface area contributed by atoms with Crippen molar-refractivity contribution in [3.63, 3.8) is 0 Å². The molecule has 0 radical (unpaired) electrons. The lowest BCUT2D eigenvalue weighted by atomic mass is 9.86. The summed E-state index contributed by atoms with van der Waals surface area (Å²) in [7, 11) is 0. The highest BCUT2D eigenvalue weighted by Crippen LogP contribution is 2.39. The van der Waals surface area contributed by atoms with Crippen LogP contribution in [-0.2, 0) is 5.41 Å². The van der Waals surface area contributed by atoms with Gasteiger partial charge in [0.15, 0.2) is 5.82 Å². The molecule has 0 aliphatic heterocycles. The van der Waals surface area contributed by atoms with Crippen molar-refractivity contribution in [2.45, 2.75) is 44.9 Å². The number of carbonyl (C=O) groups is 1. The third kappa shape index (κ3) is 2.69. The molecule has 24 heavy (non-hydrogen) atoms. The molecule has 7 heteroatoms. The van der Waals surface area contributed by atoms with Crippen LogP contribution < -0.4 is 5.32 Å². The lowest BCUT2D eigenvalue weighted by Gasteiger charge is -2.22. The largest absolute Gasteiger partial charge is 0.320 e. The zero-order valence-corrected chi connectivity index (χ0v) is 14.7. The number of fused-ring (bicyclic) bond motifs is 1. The first-order valence-corrected chi connectivity index (χ1v) is 8.88. The van der Waals surface area contributed by atoms with Crippen molar-refractivity contribution in [3.05, 3.63) is 40.7 Å². The Balaban J connectivity index is 1.63. The van der Waals surface area contributed by atoms with E-state index in [1.54, 1.807) is 4.52 Å². The Bertz CT molecular complexity index is 917. The van der Waals surface area contributed by atoms with Gasteiger partial charge < -0.3 is 5.32 Å². The number of para-hydroxylation sites is 1. The fraction of sp³-hybridized carbons (Fsp3) is 0.412. The molecular weight excluding hydrogens is 322 g/mol. The number of hydrogen-bond donors (Lipinski definition) is 1. The average molecular weight is 341 g/mol. The molecule has 1 amide bonds.